The first-order chi connectivity index (χ1) is 9.22. The van der Waals surface area contributed by atoms with Gasteiger partial charge in [0.05, 0.1) is 11.4 Å². The van der Waals surface area contributed by atoms with Crippen LogP contribution in [0.1, 0.15) is 29.6 Å². The largest absolute Gasteiger partial charge is 0.368 e. The summed E-state index contributed by atoms with van der Waals surface area (Å²) >= 11 is 1.82. The van der Waals surface area contributed by atoms with E-state index in [0.29, 0.717) is 11.9 Å². The third-order valence-corrected chi connectivity index (χ3v) is 4.46. The van der Waals surface area contributed by atoms with E-state index in [0.717, 1.165) is 13.1 Å². The molecular formula is C12H17N6S+. The fourth-order valence-electron chi connectivity index (χ4n) is 2.70. The van der Waals surface area contributed by atoms with Gasteiger partial charge in [-0.05, 0) is 11.4 Å². The van der Waals surface area contributed by atoms with E-state index in [-0.39, 0.29) is 11.9 Å². The summed E-state index contributed by atoms with van der Waals surface area (Å²) in [5.41, 5.74) is 11.2. The molecule has 0 amide bonds. The van der Waals surface area contributed by atoms with Gasteiger partial charge in [0.2, 0.25) is 11.9 Å². The topological polar surface area (TPSA) is 95.1 Å². The quantitative estimate of drug-likeness (QED) is 0.735. The average molecular weight is 277 g/mol. The maximum absolute atomic E-state index is 5.61. The Morgan fingerprint density at radius 1 is 1.26 bits per heavy atom. The number of nitrogens with one attached hydrogen (secondary N) is 1. The SMILES string of the molecule is Nc1nc(N)nc(C[NH+]2CCC[C@H]2c2cccs2)n1. The second-order valence-electron chi connectivity index (χ2n) is 4.76. The van der Waals surface area contributed by atoms with Crippen LogP contribution in [0, 0.1) is 0 Å². The molecule has 1 aliphatic rings. The molecule has 0 aliphatic carbocycles. The summed E-state index contributed by atoms with van der Waals surface area (Å²) in [5, 5.41) is 2.13. The second kappa shape index (κ2) is 5.10. The number of nitrogens with two attached hydrogens (primary N) is 2. The molecule has 0 radical (unpaired) electrons. The van der Waals surface area contributed by atoms with E-state index in [1.807, 2.05) is 11.3 Å². The molecule has 1 aliphatic heterocycles. The predicted molar refractivity (Wildman–Crippen MR) is 74.5 cm³/mol. The van der Waals surface area contributed by atoms with Crippen LogP contribution in [0.4, 0.5) is 11.9 Å². The Balaban J connectivity index is 1.78. The monoisotopic (exact) mass is 277 g/mol. The number of rotatable bonds is 3. The summed E-state index contributed by atoms with van der Waals surface area (Å²) in [6.07, 6.45) is 2.44. The number of nitrogen functional groups attached to an aromatic ring is 2. The third kappa shape index (κ3) is 2.66. The first kappa shape index (κ1) is 12.3. The molecule has 3 heterocycles. The molecule has 19 heavy (non-hydrogen) atoms. The number of likely N-dealkylation sites (tertiary alicyclic amines) is 1. The van der Waals surface area contributed by atoms with E-state index in [1.54, 1.807) is 0 Å². The van der Waals surface area contributed by atoms with Crippen molar-refractivity contribution in [2.45, 2.75) is 25.4 Å². The third-order valence-electron chi connectivity index (χ3n) is 3.47. The van der Waals surface area contributed by atoms with Gasteiger partial charge in [0, 0.05) is 12.8 Å². The highest BCUT2D eigenvalue weighted by Crippen LogP contribution is 2.23. The molecule has 6 nitrogen and oxygen atoms in total. The van der Waals surface area contributed by atoms with Gasteiger partial charge in [-0.2, -0.15) is 15.0 Å². The van der Waals surface area contributed by atoms with Crippen LogP contribution < -0.4 is 16.4 Å². The number of hydrogen-bond acceptors (Lipinski definition) is 6. The second-order valence-corrected chi connectivity index (χ2v) is 5.74. The maximum atomic E-state index is 5.61. The van der Waals surface area contributed by atoms with E-state index in [4.69, 9.17) is 11.5 Å². The van der Waals surface area contributed by atoms with Crippen LogP contribution in [-0.4, -0.2) is 21.5 Å². The summed E-state index contributed by atoms with van der Waals surface area (Å²) in [7, 11) is 0. The molecule has 100 valence electrons. The van der Waals surface area contributed by atoms with Crippen LogP contribution in [0.5, 0.6) is 0 Å². The summed E-state index contributed by atoms with van der Waals surface area (Å²) in [5.74, 6) is 1.09. The normalized spacial score (nSPS) is 22.7. The number of hydrogen-bond donors (Lipinski definition) is 3. The Morgan fingerprint density at radius 3 is 2.74 bits per heavy atom. The lowest BCUT2D eigenvalue weighted by atomic mass is 10.2. The number of anilines is 2. The summed E-state index contributed by atoms with van der Waals surface area (Å²) < 4.78 is 0. The van der Waals surface area contributed by atoms with Crippen molar-refractivity contribution < 1.29 is 4.90 Å². The molecule has 0 saturated carbocycles. The molecule has 7 heteroatoms. The Labute approximate surface area is 115 Å². The minimum absolute atomic E-state index is 0.203. The van der Waals surface area contributed by atoms with Gasteiger partial charge in [-0.3, -0.25) is 0 Å². The lowest BCUT2D eigenvalue weighted by Gasteiger charge is -2.19. The Morgan fingerprint density at radius 2 is 2.05 bits per heavy atom. The van der Waals surface area contributed by atoms with Crippen LogP contribution in [0.3, 0.4) is 0 Å². The van der Waals surface area contributed by atoms with Crippen LogP contribution in [0.25, 0.3) is 0 Å². The van der Waals surface area contributed by atoms with Crippen LogP contribution >= 0.6 is 11.3 Å². The number of quaternary nitrogens is 1. The van der Waals surface area contributed by atoms with E-state index in [1.165, 1.54) is 22.6 Å². The highest BCUT2D eigenvalue weighted by molar-refractivity contribution is 7.10. The molecule has 2 aromatic heterocycles. The summed E-state index contributed by atoms with van der Waals surface area (Å²) in [6.45, 7) is 1.88. The molecule has 0 aromatic carbocycles. The summed E-state index contributed by atoms with van der Waals surface area (Å²) in [6, 6.07) is 4.85. The van der Waals surface area contributed by atoms with Crippen LogP contribution in [0.2, 0.25) is 0 Å². The van der Waals surface area contributed by atoms with E-state index in [9.17, 15) is 0 Å². The first-order valence-corrected chi connectivity index (χ1v) is 7.24. The molecule has 1 saturated heterocycles. The zero-order valence-electron chi connectivity index (χ0n) is 10.5. The zero-order valence-corrected chi connectivity index (χ0v) is 11.4. The minimum Gasteiger partial charge on any atom is -0.368 e. The van der Waals surface area contributed by atoms with Gasteiger partial charge in [-0.15, -0.1) is 11.3 Å². The van der Waals surface area contributed by atoms with E-state index >= 15 is 0 Å². The van der Waals surface area contributed by atoms with Crippen molar-refractivity contribution in [2.24, 2.45) is 0 Å². The number of aromatic nitrogens is 3. The average Bonchev–Trinajstić information content (AvgIpc) is 2.96. The van der Waals surface area contributed by atoms with E-state index in [2.05, 4.69) is 32.5 Å². The molecule has 5 N–H and O–H groups in total. The van der Waals surface area contributed by atoms with Gasteiger partial charge in [-0.1, -0.05) is 6.07 Å². The smallest absolute Gasteiger partial charge is 0.225 e. The van der Waals surface area contributed by atoms with Gasteiger partial charge in [0.1, 0.15) is 12.6 Å². The van der Waals surface area contributed by atoms with Crippen molar-refractivity contribution in [1.82, 2.24) is 15.0 Å². The van der Waals surface area contributed by atoms with Crippen molar-refractivity contribution in [3.05, 3.63) is 28.2 Å². The molecule has 0 spiro atoms. The Kier molecular flexibility index (Phi) is 3.31. The number of nitrogens with zero attached hydrogens (tertiary/aromatic N) is 3. The Bertz CT molecular complexity index is 535. The van der Waals surface area contributed by atoms with Crippen molar-refractivity contribution in [2.75, 3.05) is 18.0 Å². The van der Waals surface area contributed by atoms with Crippen molar-refractivity contribution in [1.29, 1.82) is 0 Å². The van der Waals surface area contributed by atoms with E-state index < -0.39 is 0 Å². The lowest BCUT2D eigenvalue weighted by molar-refractivity contribution is -0.932. The predicted octanol–water partition coefficient (Wildman–Crippen LogP) is 0.0175. The van der Waals surface area contributed by atoms with Gasteiger partial charge in [-0.25, -0.2) is 0 Å². The van der Waals surface area contributed by atoms with Crippen molar-refractivity contribution >= 4 is 23.2 Å². The van der Waals surface area contributed by atoms with Gasteiger partial charge < -0.3 is 16.4 Å². The zero-order chi connectivity index (χ0) is 13.2. The van der Waals surface area contributed by atoms with Gasteiger partial charge in [0.25, 0.3) is 0 Å². The Hall–Kier alpha value is -1.73. The maximum Gasteiger partial charge on any atom is 0.225 e. The van der Waals surface area contributed by atoms with Gasteiger partial charge in [0.15, 0.2) is 5.82 Å². The number of thiophene rings is 1. The highest BCUT2D eigenvalue weighted by Gasteiger charge is 2.31. The fraction of sp³-hybridized carbons (Fsp3) is 0.417. The first-order valence-electron chi connectivity index (χ1n) is 6.36. The highest BCUT2D eigenvalue weighted by atomic mass is 32.1. The van der Waals surface area contributed by atoms with Gasteiger partial charge >= 0.3 is 0 Å². The van der Waals surface area contributed by atoms with Crippen molar-refractivity contribution in [3.63, 3.8) is 0 Å². The molecule has 3 rings (SSSR count). The molecular weight excluding hydrogens is 260 g/mol. The van der Waals surface area contributed by atoms with Crippen molar-refractivity contribution in [3.8, 4) is 0 Å². The fourth-order valence-corrected chi connectivity index (χ4v) is 3.62. The standard InChI is InChI=1S/C12H16N6S/c13-11-15-10(16-12(14)17-11)7-18-5-1-3-8(18)9-4-2-6-19-9/h2,4,6,8H,1,3,5,7H2,(H4,13,14,15,16,17)/p+1/t8-/m0/s1. The molecule has 1 unspecified atom stereocenters. The summed E-state index contributed by atoms with van der Waals surface area (Å²) in [4.78, 5) is 15.1. The van der Waals surface area contributed by atoms with Crippen LogP contribution in [-0.2, 0) is 6.54 Å². The minimum atomic E-state index is 0.203. The molecule has 0 bridgehead atoms. The molecule has 2 aromatic rings. The molecule has 2 atom stereocenters. The lowest BCUT2D eigenvalue weighted by Crippen LogP contribution is -3.09. The van der Waals surface area contributed by atoms with Crippen LogP contribution in [0.15, 0.2) is 17.5 Å². The molecule has 1 fully saturated rings.